The van der Waals surface area contributed by atoms with E-state index in [-0.39, 0.29) is 24.4 Å². The Hall–Kier alpha value is -2.05. The first-order chi connectivity index (χ1) is 7.50. The van der Waals surface area contributed by atoms with E-state index in [2.05, 4.69) is 9.97 Å². The van der Waals surface area contributed by atoms with Crippen LogP contribution in [0.2, 0.25) is 0 Å². The SMILES string of the molecule is Nc1nc(O)c(CCCCC(=O)O)c(=O)[nH]1. The molecule has 0 aliphatic rings. The summed E-state index contributed by atoms with van der Waals surface area (Å²) in [6, 6.07) is 0. The lowest BCUT2D eigenvalue weighted by Gasteiger charge is -2.02. The average Bonchev–Trinajstić information content (AvgIpc) is 2.14. The number of hydrogen-bond acceptors (Lipinski definition) is 5. The summed E-state index contributed by atoms with van der Waals surface area (Å²) in [5.41, 5.74) is 4.87. The van der Waals surface area contributed by atoms with Gasteiger partial charge in [0.15, 0.2) is 0 Å². The first-order valence-corrected chi connectivity index (χ1v) is 4.80. The van der Waals surface area contributed by atoms with Crippen molar-refractivity contribution in [1.82, 2.24) is 9.97 Å². The van der Waals surface area contributed by atoms with E-state index >= 15 is 0 Å². The highest BCUT2D eigenvalue weighted by Crippen LogP contribution is 2.12. The fourth-order valence-corrected chi connectivity index (χ4v) is 1.31. The molecule has 0 bridgehead atoms. The molecule has 1 rings (SSSR count). The predicted molar refractivity (Wildman–Crippen MR) is 56.1 cm³/mol. The Labute approximate surface area is 90.9 Å². The molecule has 0 fully saturated rings. The van der Waals surface area contributed by atoms with E-state index in [1.54, 1.807) is 0 Å². The molecule has 0 unspecified atom stereocenters. The lowest BCUT2D eigenvalue weighted by Crippen LogP contribution is -2.16. The van der Waals surface area contributed by atoms with Crippen molar-refractivity contribution in [1.29, 1.82) is 0 Å². The minimum atomic E-state index is -0.881. The summed E-state index contributed by atoms with van der Waals surface area (Å²) in [7, 11) is 0. The molecule has 7 heteroatoms. The fourth-order valence-electron chi connectivity index (χ4n) is 1.31. The van der Waals surface area contributed by atoms with E-state index < -0.39 is 17.4 Å². The van der Waals surface area contributed by atoms with Gasteiger partial charge in [-0.1, -0.05) is 0 Å². The standard InChI is InChI=1S/C9H13N3O4/c10-9-11-7(15)5(8(16)12-9)3-1-2-4-6(13)14/h1-4H2,(H,13,14)(H4,10,11,12,15,16). The Morgan fingerprint density at radius 2 is 2.12 bits per heavy atom. The van der Waals surface area contributed by atoms with Gasteiger partial charge in [0.25, 0.3) is 5.56 Å². The smallest absolute Gasteiger partial charge is 0.303 e. The predicted octanol–water partition coefficient (Wildman–Crippen LogP) is -0.145. The molecule has 0 aliphatic heterocycles. The number of rotatable bonds is 5. The third-order valence-corrected chi connectivity index (χ3v) is 2.08. The molecule has 1 aromatic rings. The van der Waals surface area contributed by atoms with Gasteiger partial charge in [0.1, 0.15) is 0 Å². The maximum absolute atomic E-state index is 11.3. The number of aromatic hydroxyl groups is 1. The van der Waals surface area contributed by atoms with Crippen LogP contribution < -0.4 is 11.3 Å². The van der Waals surface area contributed by atoms with Gasteiger partial charge in [-0.25, -0.2) is 0 Å². The lowest BCUT2D eigenvalue weighted by molar-refractivity contribution is -0.137. The largest absolute Gasteiger partial charge is 0.493 e. The van der Waals surface area contributed by atoms with Crippen LogP contribution in [0.1, 0.15) is 24.8 Å². The number of nitrogens with zero attached hydrogens (tertiary/aromatic N) is 1. The first kappa shape index (κ1) is 12.0. The Kier molecular flexibility index (Phi) is 3.87. The molecule has 7 nitrogen and oxygen atoms in total. The van der Waals surface area contributed by atoms with Crippen LogP contribution in [0.15, 0.2) is 4.79 Å². The number of aromatic amines is 1. The number of carbonyl (C=O) groups is 1. The monoisotopic (exact) mass is 227 g/mol. The van der Waals surface area contributed by atoms with Gasteiger partial charge < -0.3 is 15.9 Å². The van der Waals surface area contributed by atoms with Crippen LogP contribution in [-0.2, 0) is 11.2 Å². The van der Waals surface area contributed by atoms with Crippen LogP contribution in [0, 0.1) is 0 Å². The van der Waals surface area contributed by atoms with Crippen LogP contribution >= 0.6 is 0 Å². The van der Waals surface area contributed by atoms with E-state index in [0.717, 1.165) is 0 Å². The summed E-state index contributed by atoms with van der Waals surface area (Å²) in [5, 5.41) is 17.8. The number of hydrogen-bond donors (Lipinski definition) is 4. The zero-order chi connectivity index (χ0) is 12.1. The van der Waals surface area contributed by atoms with Crippen molar-refractivity contribution in [2.24, 2.45) is 0 Å². The topological polar surface area (TPSA) is 129 Å². The molecule has 0 saturated carbocycles. The number of unbranched alkanes of at least 4 members (excludes halogenated alkanes) is 1. The molecule has 0 saturated heterocycles. The average molecular weight is 227 g/mol. The second kappa shape index (κ2) is 5.15. The molecule has 88 valence electrons. The normalized spacial score (nSPS) is 10.2. The molecule has 0 spiro atoms. The van der Waals surface area contributed by atoms with E-state index in [1.165, 1.54) is 0 Å². The molecule has 5 N–H and O–H groups in total. The highest BCUT2D eigenvalue weighted by Gasteiger charge is 2.09. The van der Waals surface area contributed by atoms with Crippen molar-refractivity contribution in [2.45, 2.75) is 25.7 Å². The number of anilines is 1. The number of aromatic nitrogens is 2. The van der Waals surface area contributed by atoms with Gasteiger partial charge in [-0.2, -0.15) is 4.98 Å². The third kappa shape index (κ3) is 3.26. The van der Waals surface area contributed by atoms with Crippen molar-refractivity contribution in [3.63, 3.8) is 0 Å². The lowest BCUT2D eigenvalue weighted by atomic mass is 10.1. The van der Waals surface area contributed by atoms with Gasteiger partial charge in [-0.15, -0.1) is 0 Å². The second-order valence-electron chi connectivity index (χ2n) is 3.35. The summed E-state index contributed by atoms with van der Waals surface area (Å²) < 4.78 is 0. The van der Waals surface area contributed by atoms with Crippen molar-refractivity contribution in [3.8, 4) is 5.88 Å². The van der Waals surface area contributed by atoms with Gasteiger partial charge in [-0.05, 0) is 19.3 Å². The third-order valence-electron chi connectivity index (χ3n) is 2.08. The van der Waals surface area contributed by atoms with E-state index in [0.29, 0.717) is 12.8 Å². The van der Waals surface area contributed by atoms with E-state index in [9.17, 15) is 14.7 Å². The molecule has 0 aliphatic carbocycles. The summed E-state index contributed by atoms with van der Waals surface area (Å²) in [6.07, 6.45) is 1.26. The van der Waals surface area contributed by atoms with Gasteiger partial charge in [0.2, 0.25) is 11.8 Å². The molecule has 16 heavy (non-hydrogen) atoms. The van der Waals surface area contributed by atoms with Crippen molar-refractivity contribution < 1.29 is 15.0 Å². The molecule has 0 aromatic carbocycles. The summed E-state index contributed by atoms with van der Waals surface area (Å²) >= 11 is 0. The highest BCUT2D eigenvalue weighted by atomic mass is 16.4. The maximum Gasteiger partial charge on any atom is 0.303 e. The zero-order valence-corrected chi connectivity index (χ0v) is 8.56. The molecule has 1 aromatic heterocycles. The van der Waals surface area contributed by atoms with Crippen LogP contribution in [0.3, 0.4) is 0 Å². The number of carboxylic acids is 1. The van der Waals surface area contributed by atoms with E-state index in [1.807, 2.05) is 0 Å². The van der Waals surface area contributed by atoms with Gasteiger partial charge in [0.05, 0.1) is 5.56 Å². The minimum Gasteiger partial charge on any atom is -0.493 e. The van der Waals surface area contributed by atoms with E-state index in [4.69, 9.17) is 10.8 Å². The quantitative estimate of drug-likeness (QED) is 0.518. The Morgan fingerprint density at radius 3 is 2.69 bits per heavy atom. The molecule has 1 heterocycles. The number of nitrogen functional groups attached to an aromatic ring is 1. The maximum atomic E-state index is 11.3. The Bertz CT molecular complexity index is 441. The highest BCUT2D eigenvalue weighted by molar-refractivity contribution is 5.66. The molecular formula is C9H13N3O4. The second-order valence-corrected chi connectivity index (χ2v) is 3.35. The minimum absolute atomic E-state index is 0.0427. The Balaban J connectivity index is 2.61. The van der Waals surface area contributed by atoms with Gasteiger partial charge in [-0.3, -0.25) is 14.6 Å². The van der Waals surface area contributed by atoms with Crippen LogP contribution in [-0.4, -0.2) is 26.2 Å². The molecule has 0 atom stereocenters. The van der Waals surface area contributed by atoms with Crippen LogP contribution in [0.4, 0.5) is 5.95 Å². The van der Waals surface area contributed by atoms with Gasteiger partial charge >= 0.3 is 5.97 Å². The number of aliphatic carboxylic acids is 1. The first-order valence-electron chi connectivity index (χ1n) is 4.80. The van der Waals surface area contributed by atoms with Crippen molar-refractivity contribution >= 4 is 11.9 Å². The number of nitrogens with two attached hydrogens (primary N) is 1. The van der Waals surface area contributed by atoms with Crippen molar-refractivity contribution in [3.05, 3.63) is 15.9 Å². The summed E-state index contributed by atoms with van der Waals surface area (Å²) in [5.74, 6) is -1.41. The zero-order valence-electron chi connectivity index (χ0n) is 8.56. The number of H-pyrrole nitrogens is 1. The fraction of sp³-hybridized carbons (Fsp3) is 0.444. The van der Waals surface area contributed by atoms with Crippen LogP contribution in [0.5, 0.6) is 5.88 Å². The number of nitrogens with one attached hydrogen (secondary N) is 1. The Morgan fingerprint density at radius 1 is 1.44 bits per heavy atom. The molecule has 0 radical (unpaired) electrons. The summed E-state index contributed by atoms with van der Waals surface area (Å²) in [6.45, 7) is 0. The summed E-state index contributed by atoms with van der Waals surface area (Å²) in [4.78, 5) is 27.4. The molecule has 0 amide bonds. The number of carboxylic acid groups (broad SMARTS) is 1. The molecular weight excluding hydrogens is 214 g/mol. The van der Waals surface area contributed by atoms with Gasteiger partial charge in [0, 0.05) is 6.42 Å². The van der Waals surface area contributed by atoms with Crippen molar-refractivity contribution in [2.75, 3.05) is 5.73 Å². The van der Waals surface area contributed by atoms with Crippen LogP contribution in [0.25, 0.3) is 0 Å².